The van der Waals surface area contributed by atoms with E-state index in [1.807, 2.05) is 23.6 Å². The highest BCUT2D eigenvalue weighted by Gasteiger charge is 2.15. The summed E-state index contributed by atoms with van der Waals surface area (Å²) >= 11 is 1.47. The van der Waals surface area contributed by atoms with E-state index in [-0.39, 0.29) is 18.1 Å². The van der Waals surface area contributed by atoms with Crippen molar-refractivity contribution in [3.8, 4) is 22.5 Å². The van der Waals surface area contributed by atoms with Crippen LogP contribution in [0.4, 0.5) is 0 Å². The molecule has 0 aliphatic carbocycles. The van der Waals surface area contributed by atoms with Crippen LogP contribution in [0.15, 0.2) is 51.9 Å². The maximum atomic E-state index is 12.1. The third-order valence-corrected chi connectivity index (χ3v) is 4.17. The first-order valence-electron chi connectivity index (χ1n) is 7.49. The first kappa shape index (κ1) is 17.4. The minimum absolute atomic E-state index is 0.131. The van der Waals surface area contributed by atoms with Gasteiger partial charge in [0.2, 0.25) is 5.82 Å². The van der Waals surface area contributed by atoms with E-state index in [1.54, 1.807) is 31.4 Å². The number of esters is 1. The highest BCUT2D eigenvalue weighted by Crippen LogP contribution is 2.21. The monoisotopic (exact) mass is 367 g/mol. The van der Waals surface area contributed by atoms with Crippen LogP contribution in [0.2, 0.25) is 0 Å². The third-order valence-electron chi connectivity index (χ3n) is 3.30. The number of carbonyl (C=O) groups is 1. The van der Waals surface area contributed by atoms with Crippen molar-refractivity contribution in [1.82, 2.24) is 10.1 Å². The van der Waals surface area contributed by atoms with Crippen molar-refractivity contribution < 1.29 is 18.8 Å². The molecule has 0 unspecified atom stereocenters. The Bertz CT molecular complexity index is 953. The molecule has 0 spiro atoms. The zero-order chi connectivity index (χ0) is 18.4. The Labute approximate surface area is 153 Å². The Hall–Kier alpha value is -3.44. The fourth-order valence-corrected chi connectivity index (χ4v) is 2.68. The second kappa shape index (κ2) is 8.09. The Morgan fingerprint density at radius 3 is 2.81 bits per heavy atom. The zero-order valence-corrected chi connectivity index (χ0v) is 14.5. The third kappa shape index (κ3) is 4.15. The van der Waals surface area contributed by atoms with Crippen molar-refractivity contribution in [2.75, 3.05) is 7.11 Å². The fourth-order valence-electron chi connectivity index (χ4n) is 2.03. The lowest BCUT2D eigenvalue weighted by molar-refractivity contribution is -0.140. The standard InChI is InChI=1S/C18H13N3O4S/c1-23-14-6-4-12(5-7-14)9-13(10-19)18(22)24-11-16-20-17(21-25-16)15-3-2-8-26-15/h2-9H,11H2,1H3/b13-9+. The van der Waals surface area contributed by atoms with E-state index in [0.29, 0.717) is 17.1 Å². The summed E-state index contributed by atoms with van der Waals surface area (Å²) in [5.74, 6) is 0.504. The van der Waals surface area contributed by atoms with Gasteiger partial charge in [0.1, 0.15) is 17.4 Å². The molecular formula is C18H13N3O4S. The summed E-state index contributed by atoms with van der Waals surface area (Å²) in [6.45, 7) is -0.209. The van der Waals surface area contributed by atoms with Gasteiger partial charge < -0.3 is 14.0 Å². The number of nitrogens with zero attached hydrogens (tertiary/aromatic N) is 3. The summed E-state index contributed by atoms with van der Waals surface area (Å²) in [7, 11) is 1.56. The molecule has 1 aromatic carbocycles. The second-order valence-corrected chi connectivity index (χ2v) is 5.96. The van der Waals surface area contributed by atoms with Crippen molar-refractivity contribution in [3.63, 3.8) is 0 Å². The smallest absolute Gasteiger partial charge is 0.349 e. The van der Waals surface area contributed by atoms with E-state index in [9.17, 15) is 10.1 Å². The first-order valence-corrected chi connectivity index (χ1v) is 8.37. The van der Waals surface area contributed by atoms with Crippen molar-refractivity contribution in [1.29, 1.82) is 5.26 Å². The van der Waals surface area contributed by atoms with Crippen LogP contribution in [-0.4, -0.2) is 23.2 Å². The molecule has 0 saturated carbocycles. The number of carbonyl (C=O) groups excluding carboxylic acids is 1. The Morgan fingerprint density at radius 2 is 2.15 bits per heavy atom. The number of methoxy groups -OCH3 is 1. The molecule has 0 amide bonds. The molecule has 0 N–H and O–H groups in total. The molecule has 26 heavy (non-hydrogen) atoms. The number of benzene rings is 1. The van der Waals surface area contributed by atoms with Gasteiger partial charge in [-0.05, 0) is 35.2 Å². The van der Waals surface area contributed by atoms with E-state index < -0.39 is 5.97 Å². The van der Waals surface area contributed by atoms with Crippen molar-refractivity contribution >= 4 is 23.4 Å². The van der Waals surface area contributed by atoms with Gasteiger partial charge >= 0.3 is 5.97 Å². The zero-order valence-electron chi connectivity index (χ0n) is 13.7. The quantitative estimate of drug-likeness (QED) is 0.374. The molecule has 0 saturated heterocycles. The van der Waals surface area contributed by atoms with Crippen LogP contribution in [0, 0.1) is 11.3 Å². The molecule has 0 aliphatic heterocycles. The molecule has 2 heterocycles. The van der Waals surface area contributed by atoms with Gasteiger partial charge in [-0.2, -0.15) is 10.2 Å². The molecule has 7 nitrogen and oxygen atoms in total. The van der Waals surface area contributed by atoms with Gasteiger partial charge in [-0.1, -0.05) is 23.4 Å². The molecule has 3 aromatic rings. The van der Waals surface area contributed by atoms with E-state index >= 15 is 0 Å². The molecular weight excluding hydrogens is 354 g/mol. The first-order chi connectivity index (χ1) is 12.7. The number of ether oxygens (including phenoxy) is 2. The van der Waals surface area contributed by atoms with Crippen LogP contribution < -0.4 is 4.74 Å². The largest absolute Gasteiger partial charge is 0.497 e. The average Bonchev–Trinajstić information content (AvgIpc) is 3.36. The second-order valence-electron chi connectivity index (χ2n) is 5.01. The Balaban J connectivity index is 1.64. The normalized spacial score (nSPS) is 11.0. The highest BCUT2D eigenvalue weighted by molar-refractivity contribution is 7.13. The average molecular weight is 367 g/mol. The van der Waals surface area contributed by atoms with E-state index in [2.05, 4.69) is 10.1 Å². The molecule has 8 heteroatoms. The van der Waals surface area contributed by atoms with Crippen LogP contribution in [-0.2, 0) is 16.1 Å². The molecule has 0 fully saturated rings. The van der Waals surface area contributed by atoms with Gasteiger partial charge in [-0.3, -0.25) is 0 Å². The molecule has 3 rings (SSSR count). The Morgan fingerprint density at radius 1 is 1.35 bits per heavy atom. The van der Waals surface area contributed by atoms with E-state index in [1.165, 1.54) is 17.4 Å². The summed E-state index contributed by atoms with van der Waals surface area (Å²) in [6.07, 6.45) is 1.44. The van der Waals surface area contributed by atoms with Gasteiger partial charge in [-0.15, -0.1) is 11.3 Å². The van der Waals surface area contributed by atoms with Crippen LogP contribution in [0.3, 0.4) is 0 Å². The van der Waals surface area contributed by atoms with E-state index in [4.69, 9.17) is 14.0 Å². The van der Waals surface area contributed by atoms with Crippen LogP contribution in [0.25, 0.3) is 16.8 Å². The van der Waals surface area contributed by atoms with Crippen LogP contribution in [0.1, 0.15) is 11.5 Å². The lowest BCUT2D eigenvalue weighted by Crippen LogP contribution is -2.07. The number of thiophene rings is 1. The number of rotatable bonds is 6. The van der Waals surface area contributed by atoms with Crippen LogP contribution >= 0.6 is 11.3 Å². The molecule has 0 aliphatic rings. The lowest BCUT2D eigenvalue weighted by atomic mass is 10.1. The van der Waals surface area contributed by atoms with Crippen molar-refractivity contribution in [2.45, 2.75) is 6.61 Å². The number of hydrogen-bond acceptors (Lipinski definition) is 8. The van der Waals surface area contributed by atoms with E-state index in [0.717, 1.165) is 4.88 Å². The van der Waals surface area contributed by atoms with Gasteiger partial charge in [0, 0.05) is 0 Å². The SMILES string of the molecule is COc1ccc(/C=C(\C#N)C(=O)OCc2nc(-c3cccs3)no2)cc1. The summed E-state index contributed by atoms with van der Waals surface area (Å²) < 4.78 is 15.2. The number of hydrogen-bond donors (Lipinski definition) is 0. The number of nitriles is 1. The summed E-state index contributed by atoms with van der Waals surface area (Å²) in [6, 6.07) is 12.5. The van der Waals surface area contributed by atoms with Crippen molar-refractivity contribution in [2.24, 2.45) is 0 Å². The van der Waals surface area contributed by atoms with Crippen molar-refractivity contribution in [3.05, 3.63) is 58.8 Å². The minimum atomic E-state index is -0.765. The molecule has 0 radical (unpaired) electrons. The fraction of sp³-hybridized carbons (Fsp3) is 0.111. The summed E-state index contributed by atoms with van der Waals surface area (Å²) in [5, 5.41) is 14.9. The topological polar surface area (TPSA) is 98.2 Å². The summed E-state index contributed by atoms with van der Waals surface area (Å²) in [4.78, 5) is 17.1. The summed E-state index contributed by atoms with van der Waals surface area (Å²) in [5.41, 5.74) is 0.547. The number of aromatic nitrogens is 2. The van der Waals surface area contributed by atoms with Crippen LogP contribution in [0.5, 0.6) is 5.75 Å². The van der Waals surface area contributed by atoms with Gasteiger partial charge in [-0.25, -0.2) is 4.79 Å². The van der Waals surface area contributed by atoms with Gasteiger partial charge in [0.05, 0.1) is 12.0 Å². The lowest BCUT2D eigenvalue weighted by Gasteiger charge is -2.02. The molecule has 0 bridgehead atoms. The molecule has 130 valence electrons. The maximum absolute atomic E-state index is 12.1. The molecule has 0 atom stereocenters. The van der Waals surface area contributed by atoms with Gasteiger partial charge in [0.15, 0.2) is 6.61 Å². The van der Waals surface area contributed by atoms with Gasteiger partial charge in [0.25, 0.3) is 5.89 Å². The Kier molecular flexibility index (Phi) is 5.41. The molecule has 2 aromatic heterocycles. The highest BCUT2D eigenvalue weighted by atomic mass is 32.1. The maximum Gasteiger partial charge on any atom is 0.349 e. The predicted octanol–water partition coefficient (Wildman–Crippen LogP) is 3.46. The minimum Gasteiger partial charge on any atom is -0.497 e. The predicted molar refractivity (Wildman–Crippen MR) is 94.0 cm³/mol.